The molecule has 1 heterocycles. The standard InChI is InChI=1S/C13H29N3O/c1-4-13(5-2,12-17)14-6-7-16-10-8-15(3)9-11-16/h14,17H,4-12H2,1-3H3. The third-order valence-corrected chi connectivity index (χ3v) is 4.18. The molecule has 0 bridgehead atoms. The first kappa shape index (κ1) is 14.9. The van der Waals surface area contributed by atoms with Crippen molar-refractivity contribution in [3.05, 3.63) is 0 Å². The summed E-state index contributed by atoms with van der Waals surface area (Å²) in [5.41, 5.74) is -0.0629. The van der Waals surface area contributed by atoms with Crippen molar-refractivity contribution in [1.82, 2.24) is 15.1 Å². The van der Waals surface area contributed by atoms with E-state index in [1.54, 1.807) is 0 Å². The Morgan fingerprint density at radius 1 is 1.12 bits per heavy atom. The van der Waals surface area contributed by atoms with Gasteiger partial charge < -0.3 is 15.3 Å². The third-order valence-electron chi connectivity index (χ3n) is 4.18. The van der Waals surface area contributed by atoms with Crippen LogP contribution >= 0.6 is 0 Å². The fraction of sp³-hybridized carbons (Fsp3) is 1.00. The normalized spacial score (nSPS) is 19.8. The summed E-state index contributed by atoms with van der Waals surface area (Å²) in [6.45, 7) is 11.3. The van der Waals surface area contributed by atoms with Gasteiger partial charge in [-0.3, -0.25) is 4.90 Å². The highest BCUT2D eigenvalue weighted by atomic mass is 16.3. The number of hydrogen-bond acceptors (Lipinski definition) is 4. The summed E-state index contributed by atoms with van der Waals surface area (Å²) in [5.74, 6) is 0. The summed E-state index contributed by atoms with van der Waals surface area (Å²) < 4.78 is 0. The van der Waals surface area contributed by atoms with E-state index in [0.717, 1.165) is 25.9 Å². The van der Waals surface area contributed by atoms with Crippen molar-refractivity contribution in [3.63, 3.8) is 0 Å². The van der Waals surface area contributed by atoms with E-state index < -0.39 is 0 Å². The molecular formula is C13H29N3O. The maximum Gasteiger partial charge on any atom is 0.0613 e. The SMILES string of the molecule is CCC(CC)(CO)NCCN1CCN(C)CC1. The van der Waals surface area contributed by atoms with Crippen LogP contribution in [0, 0.1) is 0 Å². The molecule has 0 aromatic rings. The van der Waals surface area contributed by atoms with Crippen molar-refractivity contribution in [2.45, 2.75) is 32.2 Å². The van der Waals surface area contributed by atoms with Crippen molar-refractivity contribution in [2.75, 3.05) is 52.9 Å². The number of hydrogen-bond donors (Lipinski definition) is 2. The molecule has 0 aromatic heterocycles. The van der Waals surface area contributed by atoms with E-state index in [2.05, 4.69) is 36.0 Å². The van der Waals surface area contributed by atoms with Gasteiger partial charge in [-0.1, -0.05) is 13.8 Å². The monoisotopic (exact) mass is 243 g/mol. The predicted octanol–water partition coefficient (Wildman–Crippen LogP) is 0.375. The molecule has 0 aliphatic carbocycles. The van der Waals surface area contributed by atoms with Gasteiger partial charge in [-0.15, -0.1) is 0 Å². The average molecular weight is 243 g/mol. The van der Waals surface area contributed by atoms with E-state index in [9.17, 15) is 5.11 Å². The molecular weight excluding hydrogens is 214 g/mol. The van der Waals surface area contributed by atoms with Crippen LogP contribution in [-0.4, -0.2) is 73.4 Å². The van der Waals surface area contributed by atoms with Crippen LogP contribution in [0.25, 0.3) is 0 Å². The largest absolute Gasteiger partial charge is 0.394 e. The highest BCUT2D eigenvalue weighted by molar-refractivity contribution is 4.85. The maximum absolute atomic E-state index is 9.47. The van der Waals surface area contributed by atoms with Gasteiger partial charge in [-0.05, 0) is 19.9 Å². The van der Waals surface area contributed by atoms with Gasteiger partial charge in [0, 0.05) is 44.8 Å². The Morgan fingerprint density at radius 3 is 2.18 bits per heavy atom. The summed E-state index contributed by atoms with van der Waals surface area (Å²) in [4.78, 5) is 4.88. The van der Waals surface area contributed by atoms with Crippen LogP contribution in [0.4, 0.5) is 0 Å². The van der Waals surface area contributed by atoms with Crippen molar-refractivity contribution < 1.29 is 5.11 Å². The van der Waals surface area contributed by atoms with Gasteiger partial charge in [-0.2, -0.15) is 0 Å². The molecule has 0 amide bonds. The zero-order valence-electron chi connectivity index (χ0n) is 11.7. The zero-order valence-corrected chi connectivity index (χ0v) is 11.7. The van der Waals surface area contributed by atoms with Crippen LogP contribution in [-0.2, 0) is 0 Å². The second-order valence-corrected chi connectivity index (χ2v) is 5.22. The van der Waals surface area contributed by atoms with Crippen LogP contribution in [0.5, 0.6) is 0 Å². The van der Waals surface area contributed by atoms with Gasteiger partial charge in [0.2, 0.25) is 0 Å². The molecule has 4 heteroatoms. The topological polar surface area (TPSA) is 38.7 Å². The summed E-state index contributed by atoms with van der Waals surface area (Å²) in [7, 11) is 2.18. The Hall–Kier alpha value is -0.160. The maximum atomic E-state index is 9.47. The third kappa shape index (κ3) is 4.54. The Morgan fingerprint density at radius 2 is 1.71 bits per heavy atom. The second kappa shape index (κ2) is 7.31. The van der Waals surface area contributed by atoms with Gasteiger partial charge in [0.1, 0.15) is 0 Å². The Balaban J connectivity index is 2.22. The molecule has 2 N–H and O–H groups in total. The highest BCUT2D eigenvalue weighted by Crippen LogP contribution is 2.13. The first-order valence-corrected chi connectivity index (χ1v) is 6.92. The van der Waals surface area contributed by atoms with Crippen LogP contribution in [0.2, 0.25) is 0 Å². The fourth-order valence-electron chi connectivity index (χ4n) is 2.33. The molecule has 0 aromatic carbocycles. The van der Waals surface area contributed by atoms with Gasteiger partial charge >= 0.3 is 0 Å². The molecule has 1 fully saturated rings. The number of likely N-dealkylation sites (N-methyl/N-ethyl adjacent to an activating group) is 1. The Kier molecular flexibility index (Phi) is 6.41. The minimum Gasteiger partial charge on any atom is -0.394 e. The number of rotatable bonds is 7. The number of nitrogens with zero attached hydrogens (tertiary/aromatic N) is 2. The lowest BCUT2D eigenvalue weighted by Gasteiger charge is -2.35. The predicted molar refractivity (Wildman–Crippen MR) is 72.3 cm³/mol. The Bertz CT molecular complexity index is 191. The quantitative estimate of drug-likeness (QED) is 0.678. The molecule has 0 unspecified atom stereocenters. The van der Waals surface area contributed by atoms with Crippen molar-refractivity contribution in [2.24, 2.45) is 0 Å². The van der Waals surface area contributed by atoms with Gasteiger partial charge in [0.05, 0.1) is 6.61 Å². The summed E-state index contributed by atoms with van der Waals surface area (Å²) in [6.07, 6.45) is 1.98. The lowest BCUT2D eigenvalue weighted by atomic mass is 9.94. The van der Waals surface area contributed by atoms with Crippen molar-refractivity contribution >= 4 is 0 Å². The lowest BCUT2D eigenvalue weighted by molar-refractivity contribution is 0.128. The summed E-state index contributed by atoms with van der Waals surface area (Å²) in [5, 5.41) is 13.0. The zero-order chi connectivity index (χ0) is 12.7. The molecule has 0 radical (unpaired) electrons. The minimum atomic E-state index is -0.0629. The van der Waals surface area contributed by atoms with E-state index in [1.165, 1.54) is 26.2 Å². The molecule has 4 nitrogen and oxygen atoms in total. The first-order valence-electron chi connectivity index (χ1n) is 6.92. The van der Waals surface area contributed by atoms with Crippen molar-refractivity contribution in [1.29, 1.82) is 0 Å². The van der Waals surface area contributed by atoms with Crippen LogP contribution in [0.1, 0.15) is 26.7 Å². The lowest BCUT2D eigenvalue weighted by Crippen LogP contribution is -2.52. The molecule has 0 spiro atoms. The van der Waals surface area contributed by atoms with Gasteiger partial charge in [0.15, 0.2) is 0 Å². The van der Waals surface area contributed by atoms with Gasteiger partial charge in [-0.25, -0.2) is 0 Å². The van der Waals surface area contributed by atoms with E-state index in [1.807, 2.05) is 0 Å². The molecule has 17 heavy (non-hydrogen) atoms. The van der Waals surface area contributed by atoms with E-state index in [4.69, 9.17) is 0 Å². The molecule has 0 saturated carbocycles. The second-order valence-electron chi connectivity index (χ2n) is 5.22. The molecule has 1 saturated heterocycles. The smallest absolute Gasteiger partial charge is 0.0613 e. The summed E-state index contributed by atoms with van der Waals surface area (Å²) >= 11 is 0. The molecule has 0 atom stereocenters. The van der Waals surface area contributed by atoms with Crippen LogP contribution in [0.15, 0.2) is 0 Å². The average Bonchev–Trinajstić information content (AvgIpc) is 2.38. The molecule has 1 aliphatic rings. The number of aliphatic hydroxyl groups is 1. The first-order chi connectivity index (χ1) is 8.15. The number of nitrogens with one attached hydrogen (secondary N) is 1. The van der Waals surface area contributed by atoms with E-state index in [0.29, 0.717) is 0 Å². The van der Waals surface area contributed by atoms with Crippen LogP contribution < -0.4 is 5.32 Å². The molecule has 1 rings (SSSR count). The minimum absolute atomic E-state index is 0.0629. The Labute approximate surface area is 106 Å². The molecule has 102 valence electrons. The van der Waals surface area contributed by atoms with E-state index >= 15 is 0 Å². The number of piperazine rings is 1. The van der Waals surface area contributed by atoms with Crippen LogP contribution in [0.3, 0.4) is 0 Å². The summed E-state index contributed by atoms with van der Waals surface area (Å²) in [6, 6.07) is 0. The van der Waals surface area contributed by atoms with Gasteiger partial charge in [0.25, 0.3) is 0 Å². The fourth-order valence-corrected chi connectivity index (χ4v) is 2.33. The van der Waals surface area contributed by atoms with Crippen molar-refractivity contribution in [3.8, 4) is 0 Å². The number of aliphatic hydroxyl groups excluding tert-OH is 1. The molecule has 1 aliphatic heterocycles. The highest BCUT2D eigenvalue weighted by Gasteiger charge is 2.24. The van der Waals surface area contributed by atoms with E-state index in [-0.39, 0.29) is 12.1 Å².